The molecule has 1 aromatic heterocycles. The van der Waals surface area contributed by atoms with E-state index in [2.05, 4.69) is 11.2 Å². The highest BCUT2D eigenvalue weighted by Gasteiger charge is 2.31. The molecule has 0 saturated heterocycles. The molecule has 0 amide bonds. The van der Waals surface area contributed by atoms with E-state index < -0.39 is 11.9 Å². The molecule has 0 N–H and O–H groups in total. The van der Waals surface area contributed by atoms with Crippen LogP contribution in [-0.4, -0.2) is 35.9 Å². The zero-order valence-electron chi connectivity index (χ0n) is 18.4. The van der Waals surface area contributed by atoms with Gasteiger partial charge in [-0.2, -0.15) is 10.4 Å². The number of para-hydroxylation sites is 1. The quantitative estimate of drug-likeness (QED) is 0.387. The third-order valence-electron chi connectivity index (χ3n) is 4.98. The summed E-state index contributed by atoms with van der Waals surface area (Å²) in [6, 6.07) is 24.6. The van der Waals surface area contributed by atoms with E-state index in [1.54, 1.807) is 72.8 Å². The Morgan fingerprint density at radius 1 is 0.853 bits per heavy atom. The molecule has 0 fully saturated rings. The first-order valence-electron chi connectivity index (χ1n) is 10.2. The second-order valence-corrected chi connectivity index (χ2v) is 7.07. The summed E-state index contributed by atoms with van der Waals surface area (Å²) in [5.41, 5.74) is 1.80. The Balaban J connectivity index is 1.84. The summed E-state index contributed by atoms with van der Waals surface area (Å²) < 4.78 is 17.2. The first-order chi connectivity index (χ1) is 16.5. The highest BCUT2D eigenvalue weighted by atomic mass is 16.5. The Labute approximate surface area is 195 Å². The Bertz CT molecular complexity index is 1390. The third-order valence-corrected chi connectivity index (χ3v) is 4.98. The van der Waals surface area contributed by atoms with Crippen molar-refractivity contribution in [2.75, 3.05) is 14.2 Å². The summed E-state index contributed by atoms with van der Waals surface area (Å²) in [6.45, 7) is 0. The van der Waals surface area contributed by atoms with Gasteiger partial charge in [0.1, 0.15) is 22.8 Å². The number of hydrogen-bond donors (Lipinski definition) is 0. The summed E-state index contributed by atoms with van der Waals surface area (Å²) in [7, 11) is 2.47. The van der Waals surface area contributed by atoms with E-state index in [0.717, 1.165) is 0 Å². The number of hydrogen-bond acceptors (Lipinski definition) is 7. The van der Waals surface area contributed by atoms with Gasteiger partial charge in [-0.1, -0.05) is 30.3 Å². The van der Waals surface area contributed by atoms with E-state index in [0.29, 0.717) is 28.3 Å². The van der Waals surface area contributed by atoms with Crippen LogP contribution < -0.4 is 4.74 Å². The number of nitriles is 1. The molecule has 0 atom stereocenters. The Morgan fingerprint density at radius 3 is 2.21 bits per heavy atom. The standard InChI is InChI=1S/C26H19N3O5/c1-32-25(30)22-23(28-29(24(22)26(31)33-2)19-8-4-3-5-9-19)18-7-6-10-21(15-18)34-20-13-11-17(16-27)12-14-20/h3-15H,1-2H3. The largest absolute Gasteiger partial charge is 0.465 e. The van der Waals surface area contributed by atoms with Crippen LogP contribution in [0.2, 0.25) is 0 Å². The third kappa shape index (κ3) is 4.36. The predicted octanol–water partition coefficient (Wildman–Crippen LogP) is 4.78. The molecule has 34 heavy (non-hydrogen) atoms. The van der Waals surface area contributed by atoms with Crippen LogP contribution in [0.25, 0.3) is 16.9 Å². The lowest BCUT2D eigenvalue weighted by Gasteiger charge is -2.08. The van der Waals surface area contributed by atoms with Crippen molar-refractivity contribution < 1.29 is 23.8 Å². The molecule has 8 heteroatoms. The van der Waals surface area contributed by atoms with Crippen LogP contribution in [0.15, 0.2) is 78.9 Å². The lowest BCUT2D eigenvalue weighted by Crippen LogP contribution is -2.15. The van der Waals surface area contributed by atoms with E-state index in [9.17, 15) is 9.59 Å². The van der Waals surface area contributed by atoms with E-state index in [1.165, 1.54) is 18.9 Å². The number of esters is 2. The molecule has 0 aliphatic rings. The van der Waals surface area contributed by atoms with Gasteiger partial charge in [0, 0.05) is 5.56 Å². The van der Waals surface area contributed by atoms with Gasteiger partial charge < -0.3 is 14.2 Å². The molecule has 0 unspecified atom stereocenters. The predicted molar refractivity (Wildman–Crippen MR) is 123 cm³/mol. The number of nitrogens with zero attached hydrogens (tertiary/aromatic N) is 3. The van der Waals surface area contributed by atoms with E-state index >= 15 is 0 Å². The second-order valence-electron chi connectivity index (χ2n) is 7.07. The van der Waals surface area contributed by atoms with Gasteiger partial charge >= 0.3 is 11.9 Å². The Hall–Kier alpha value is -4.90. The molecule has 168 valence electrons. The van der Waals surface area contributed by atoms with Crippen molar-refractivity contribution in [3.63, 3.8) is 0 Å². The van der Waals surface area contributed by atoms with Crippen molar-refractivity contribution in [2.45, 2.75) is 0 Å². The van der Waals surface area contributed by atoms with Crippen LogP contribution in [0.3, 0.4) is 0 Å². The molecule has 0 aliphatic heterocycles. The van der Waals surface area contributed by atoms with Crippen LogP contribution in [0, 0.1) is 11.3 Å². The maximum absolute atomic E-state index is 12.8. The highest BCUT2D eigenvalue weighted by Crippen LogP contribution is 2.32. The average molecular weight is 453 g/mol. The van der Waals surface area contributed by atoms with E-state index in [-0.39, 0.29) is 17.0 Å². The Morgan fingerprint density at radius 2 is 1.56 bits per heavy atom. The van der Waals surface area contributed by atoms with E-state index in [4.69, 9.17) is 19.5 Å². The van der Waals surface area contributed by atoms with Crippen molar-refractivity contribution >= 4 is 11.9 Å². The first kappa shape index (κ1) is 22.3. The van der Waals surface area contributed by atoms with Gasteiger partial charge in [-0.15, -0.1) is 0 Å². The van der Waals surface area contributed by atoms with Gasteiger partial charge in [0.2, 0.25) is 0 Å². The summed E-state index contributed by atoms with van der Waals surface area (Å²) in [5.74, 6) is -0.440. The molecule has 0 spiro atoms. The summed E-state index contributed by atoms with van der Waals surface area (Å²) in [5, 5.41) is 13.5. The fraction of sp³-hybridized carbons (Fsp3) is 0.0769. The van der Waals surface area contributed by atoms with Gasteiger partial charge in [0.25, 0.3) is 0 Å². The zero-order valence-corrected chi connectivity index (χ0v) is 18.4. The van der Waals surface area contributed by atoms with Crippen LogP contribution in [0.5, 0.6) is 11.5 Å². The maximum Gasteiger partial charge on any atom is 0.357 e. The molecule has 0 bridgehead atoms. The maximum atomic E-state index is 12.8. The van der Waals surface area contributed by atoms with E-state index in [1.807, 2.05) is 6.07 Å². The van der Waals surface area contributed by atoms with Crippen LogP contribution in [-0.2, 0) is 9.47 Å². The van der Waals surface area contributed by atoms with Crippen LogP contribution in [0.4, 0.5) is 0 Å². The second kappa shape index (κ2) is 9.71. The molecule has 4 rings (SSSR count). The SMILES string of the molecule is COC(=O)c1c(-c2cccc(Oc3ccc(C#N)cc3)c2)nn(-c2ccccc2)c1C(=O)OC. The van der Waals surface area contributed by atoms with Crippen molar-refractivity contribution in [3.05, 3.63) is 95.7 Å². The number of aromatic nitrogens is 2. The van der Waals surface area contributed by atoms with Gasteiger partial charge in [-0.05, 0) is 48.5 Å². The van der Waals surface area contributed by atoms with Crippen molar-refractivity contribution in [1.29, 1.82) is 5.26 Å². The summed E-state index contributed by atoms with van der Waals surface area (Å²) >= 11 is 0. The minimum absolute atomic E-state index is 0.0197. The molecule has 8 nitrogen and oxygen atoms in total. The number of carbonyl (C=O) groups is 2. The van der Waals surface area contributed by atoms with Gasteiger partial charge in [-0.3, -0.25) is 0 Å². The normalized spacial score (nSPS) is 10.3. The first-order valence-corrected chi connectivity index (χ1v) is 10.2. The number of rotatable bonds is 6. The molecule has 0 radical (unpaired) electrons. The lowest BCUT2D eigenvalue weighted by atomic mass is 10.1. The fourth-order valence-electron chi connectivity index (χ4n) is 3.40. The minimum atomic E-state index is -0.729. The molecule has 3 aromatic carbocycles. The molecule has 0 aliphatic carbocycles. The molecule has 0 saturated carbocycles. The topological polar surface area (TPSA) is 103 Å². The number of benzene rings is 3. The molecule has 4 aromatic rings. The molecular formula is C26H19N3O5. The van der Waals surface area contributed by atoms with Gasteiger partial charge in [0.05, 0.1) is 31.5 Å². The monoisotopic (exact) mass is 453 g/mol. The van der Waals surface area contributed by atoms with Crippen LogP contribution in [0.1, 0.15) is 26.4 Å². The lowest BCUT2D eigenvalue weighted by molar-refractivity contribution is 0.0549. The number of ether oxygens (including phenoxy) is 3. The van der Waals surface area contributed by atoms with Crippen molar-refractivity contribution in [1.82, 2.24) is 9.78 Å². The highest BCUT2D eigenvalue weighted by molar-refractivity contribution is 6.06. The number of carbonyl (C=O) groups excluding carboxylic acids is 2. The van der Waals surface area contributed by atoms with Gasteiger partial charge in [0.15, 0.2) is 5.69 Å². The zero-order chi connectivity index (χ0) is 24.1. The molecular weight excluding hydrogens is 434 g/mol. The van der Waals surface area contributed by atoms with Crippen LogP contribution >= 0.6 is 0 Å². The minimum Gasteiger partial charge on any atom is -0.465 e. The van der Waals surface area contributed by atoms with Gasteiger partial charge in [-0.25, -0.2) is 14.3 Å². The number of methoxy groups -OCH3 is 2. The average Bonchev–Trinajstić information content (AvgIpc) is 3.30. The summed E-state index contributed by atoms with van der Waals surface area (Å²) in [4.78, 5) is 25.5. The Kier molecular flexibility index (Phi) is 6.37. The molecule has 1 heterocycles. The van der Waals surface area contributed by atoms with Crippen molar-refractivity contribution in [3.8, 4) is 34.5 Å². The van der Waals surface area contributed by atoms with Crippen molar-refractivity contribution in [2.24, 2.45) is 0 Å². The fourth-order valence-corrected chi connectivity index (χ4v) is 3.40. The summed E-state index contributed by atoms with van der Waals surface area (Å²) in [6.07, 6.45) is 0. The smallest absolute Gasteiger partial charge is 0.357 e.